The summed E-state index contributed by atoms with van der Waals surface area (Å²) in [7, 11) is 0. The number of pyridine rings is 1. The molecule has 2 rings (SSSR count). The van der Waals surface area contributed by atoms with Crippen molar-refractivity contribution in [1.82, 2.24) is 4.57 Å². The number of nitrogens with zero attached hydrogens (tertiary/aromatic N) is 3. The molecule has 2 aromatic rings. The van der Waals surface area contributed by atoms with Crippen LogP contribution < -0.4 is 10.3 Å². The first kappa shape index (κ1) is 15.2. The minimum Gasteiger partial charge on any atom is -0.492 e. The summed E-state index contributed by atoms with van der Waals surface area (Å²) < 4.78 is 19.1. The lowest BCUT2D eigenvalue weighted by Crippen LogP contribution is -2.25. The second-order valence-electron chi connectivity index (χ2n) is 4.28. The normalized spacial score (nSPS) is 10.0. The number of aromatic nitrogens is 1. The van der Waals surface area contributed by atoms with Crippen molar-refractivity contribution in [3.05, 3.63) is 68.4 Å². The van der Waals surface area contributed by atoms with Gasteiger partial charge in [-0.3, -0.25) is 14.9 Å². The fourth-order valence-electron chi connectivity index (χ4n) is 1.76. The zero-order chi connectivity index (χ0) is 16.1. The molecule has 8 heteroatoms. The monoisotopic (exact) mass is 303 g/mol. The van der Waals surface area contributed by atoms with Crippen LogP contribution in [0.2, 0.25) is 0 Å². The van der Waals surface area contributed by atoms with Gasteiger partial charge in [0.1, 0.15) is 29.8 Å². The van der Waals surface area contributed by atoms with Gasteiger partial charge in [0, 0.05) is 6.07 Å². The SMILES string of the molecule is N#Cc1cc([N+](=O)[O-])cn(CCOc2ccc(F)cc2)c1=O. The molecular weight excluding hydrogens is 293 g/mol. The highest BCUT2D eigenvalue weighted by Gasteiger charge is 2.13. The lowest BCUT2D eigenvalue weighted by atomic mass is 10.2. The van der Waals surface area contributed by atoms with Crippen molar-refractivity contribution in [2.45, 2.75) is 6.54 Å². The number of ether oxygens (including phenoxy) is 1. The molecule has 0 saturated heterocycles. The average Bonchev–Trinajstić information content (AvgIpc) is 2.50. The van der Waals surface area contributed by atoms with E-state index >= 15 is 0 Å². The third-order valence-corrected chi connectivity index (χ3v) is 2.82. The summed E-state index contributed by atoms with van der Waals surface area (Å²) in [5.74, 6) is 0.00121. The Morgan fingerprint density at radius 1 is 1.36 bits per heavy atom. The van der Waals surface area contributed by atoms with E-state index in [0.717, 1.165) is 16.8 Å². The van der Waals surface area contributed by atoms with Crippen LogP contribution in [-0.2, 0) is 6.54 Å². The van der Waals surface area contributed by atoms with Gasteiger partial charge in [0.05, 0.1) is 17.7 Å². The molecule has 0 fully saturated rings. The molecule has 0 saturated carbocycles. The van der Waals surface area contributed by atoms with Crippen molar-refractivity contribution in [2.75, 3.05) is 6.61 Å². The van der Waals surface area contributed by atoms with Gasteiger partial charge >= 0.3 is 0 Å². The number of halogens is 1. The highest BCUT2D eigenvalue weighted by molar-refractivity contribution is 5.37. The van der Waals surface area contributed by atoms with Crippen LogP contribution >= 0.6 is 0 Å². The molecule has 0 atom stereocenters. The quantitative estimate of drug-likeness (QED) is 0.620. The largest absolute Gasteiger partial charge is 0.492 e. The van der Waals surface area contributed by atoms with Gasteiger partial charge in [-0.15, -0.1) is 0 Å². The van der Waals surface area contributed by atoms with Crippen LogP contribution in [0.1, 0.15) is 5.56 Å². The Labute approximate surface area is 123 Å². The van der Waals surface area contributed by atoms with Crippen LogP contribution in [0.5, 0.6) is 5.75 Å². The van der Waals surface area contributed by atoms with E-state index in [9.17, 15) is 19.3 Å². The minimum absolute atomic E-state index is 0.0204. The van der Waals surface area contributed by atoms with Gasteiger partial charge in [-0.1, -0.05) is 0 Å². The number of nitro groups is 1. The van der Waals surface area contributed by atoms with Crippen LogP contribution in [-0.4, -0.2) is 16.1 Å². The Hall–Kier alpha value is -3.21. The third kappa shape index (κ3) is 3.46. The Kier molecular flexibility index (Phi) is 4.48. The first-order chi connectivity index (χ1) is 10.5. The summed E-state index contributed by atoms with van der Waals surface area (Å²) in [6, 6.07) is 7.85. The van der Waals surface area contributed by atoms with Gasteiger partial charge in [0.15, 0.2) is 0 Å². The van der Waals surface area contributed by atoms with Crippen LogP contribution in [0, 0.1) is 27.3 Å². The van der Waals surface area contributed by atoms with Gasteiger partial charge in [0.2, 0.25) is 0 Å². The minimum atomic E-state index is -0.683. The summed E-state index contributed by atoms with van der Waals surface area (Å²) in [5.41, 5.74) is -1.29. The molecule has 0 aliphatic carbocycles. The number of rotatable bonds is 5. The molecule has 0 aliphatic rings. The zero-order valence-electron chi connectivity index (χ0n) is 11.2. The Balaban J connectivity index is 2.14. The molecule has 0 amide bonds. The zero-order valence-corrected chi connectivity index (χ0v) is 11.2. The molecule has 0 aliphatic heterocycles. The highest BCUT2D eigenvalue weighted by atomic mass is 19.1. The summed E-state index contributed by atoms with van der Waals surface area (Å²) in [6.45, 7) is 0.0597. The maximum Gasteiger partial charge on any atom is 0.287 e. The molecule has 0 N–H and O–H groups in total. The molecule has 1 aromatic heterocycles. The molecular formula is C14H10FN3O4. The van der Waals surface area contributed by atoms with E-state index in [1.165, 1.54) is 24.3 Å². The summed E-state index contributed by atoms with van der Waals surface area (Å²) in [4.78, 5) is 22.0. The van der Waals surface area contributed by atoms with E-state index in [0.29, 0.717) is 5.75 Å². The number of benzene rings is 1. The maximum absolute atomic E-state index is 12.7. The number of hydrogen-bond acceptors (Lipinski definition) is 5. The van der Waals surface area contributed by atoms with Gasteiger partial charge in [0.25, 0.3) is 11.2 Å². The van der Waals surface area contributed by atoms with Crippen LogP contribution in [0.25, 0.3) is 0 Å². The standard InChI is InChI=1S/C14H10FN3O4/c15-11-1-3-13(4-2-11)22-6-5-17-9-12(18(20)21)7-10(8-16)14(17)19/h1-4,7,9H,5-6H2. The van der Waals surface area contributed by atoms with Gasteiger partial charge < -0.3 is 9.30 Å². The molecule has 1 aromatic carbocycles. The molecule has 112 valence electrons. The van der Waals surface area contributed by atoms with E-state index in [1.54, 1.807) is 6.07 Å². The van der Waals surface area contributed by atoms with Crippen LogP contribution in [0.4, 0.5) is 10.1 Å². The van der Waals surface area contributed by atoms with Crippen molar-refractivity contribution in [1.29, 1.82) is 5.26 Å². The Morgan fingerprint density at radius 2 is 2.05 bits per heavy atom. The van der Waals surface area contributed by atoms with Crippen molar-refractivity contribution in [2.24, 2.45) is 0 Å². The summed E-state index contributed by atoms with van der Waals surface area (Å²) >= 11 is 0. The summed E-state index contributed by atoms with van der Waals surface area (Å²) in [6.07, 6.45) is 1.05. The number of nitriles is 1. The molecule has 7 nitrogen and oxygen atoms in total. The Morgan fingerprint density at radius 3 is 2.64 bits per heavy atom. The van der Waals surface area contributed by atoms with Crippen molar-refractivity contribution in [3.63, 3.8) is 0 Å². The first-order valence-electron chi connectivity index (χ1n) is 6.18. The molecule has 0 unspecified atom stereocenters. The van der Waals surface area contributed by atoms with Gasteiger partial charge in [-0.2, -0.15) is 5.26 Å². The lowest BCUT2D eigenvalue weighted by molar-refractivity contribution is -0.385. The van der Waals surface area contributed by atoms with Crippen LogP contribution in [0.3, 0.4) is 0 Å². The van der Waals surface area contributed by atoms with E-state index in [1.807, 2.05) is 0 Å². The third-order valence-electron chi connectivity index (χ3n) is 2.82. The maximum atomic E-state index is 12.7. The first-order valence-corrected chi connectivity index (χ1v) is 6.18. The topological polar surface area (TPSA) is 98.2 Å². The van der Waals surface area contributed by atoms with E-state index < -0.39 is 16.3 Å². The second kappa shape index (κ2) is 6.49. The lowest BCUT2D eigenvalue weighted by Gasteiger charge is -2.08. The predicted octanol–water partition coefficient (Wildman–Crippen LogP) is 1.85. The summed E-state index contributed by atoms with van der Waals surface area (Å²) in [5, 5.41) is 19.6. The molecule has 0 bridgehead atoms. The fraction of sp³-hybridized carbons (Fsp3) is 0.143. The van der Waals surface area contributed by atoms with Crippen molar-refractivity contribution in [3.8, 4) is 11.8 Å². The average molecular weight is 303 g/mol. The Bertz CT molecular complexity index is 793. The van der Waals surface area contributed by atoms with Gasteiger partial charge in [-0.25, -0.2) is 4.39 Å². The van der Waals surface area contributed by atoms with Crippen molar-refractivity contribution >= 4 is 5.69 Å². The van der Waals surface area contributed by atoms with Crippen molar-refractivity contribution < 1.29 is 14.1 Å². The highest BCUT2D eigenvalue weighted by Crippen LogP contribution is 2.12. The second-order valence-corrected chi connectivity index (χ2v) is 4.28. The van der Waals surface area contributed by atoms with E-state index in [2.05, 4.69) is 0 Å². The molecule has 1 heterocycles. The smallest absolute Gasteiger partial charge is 0.287 e. The van der Waals surface area contributed by atoms with Crippen LogP contribution in [0.15, 0.2) is 41.3 Å². The molecule has 0 spiro atoms. The van der Waals surface area contributed by atoms with E-state index in [-0.39, 0.29) is 24.4 Å². The fourth-order valence-corrected chi connectivity index (χ4v) is 1.76. The number of hydrogen-bond donors (Lipinski definition) is 0. The van der Waals surface area contributed by atoms with E-state index in [4.69, 9.17) is 10.00 Å². The van der Waals surface area contributed by atoms with Gasteiger partial charge in [-0.05, 0) is 24.3 Å². The molecule has 22 heavy (non-hydrogen) atoms. The molecule has 0 radical (unpaired) electrons. The predicted molar refractivity (Wildman–Crippen MR) is 74.0 cm³/mol.